The minimum atomic E-state index is -0.372. The fraction of sp³-hybridized carbons (Fsp3) is 0.308. The van der Waals surface area contributed by atoms with E-state index in [1.807, 2.05) is 13.1 Å². The van der Waals surface area contributed by atoms with Gasteiger partial charge in [0.2, 0.25) is 0 Å². The molecule has 0 aliphatic heterocycles. The second-order valence-electron chi connectivity index (χ2n) is 4.01. The van der Waals surface area contributed by atoms with Crippen molar-refractivity contribution in [3.63, 3.8) is 0 Å². The number of aryl methyl sites for hydroxylation is 1. The summed E-state index contributed by atoms with van der Waals surface area (Å²) in [6.07, 6.45) is 2.42. The molecular weight excluding hydrogens is 233 g/mol. The second kappa shape index (κ2) is 5.64. The van der Waals surface area contributed by atoms with E-state index in [-0.39, 0.29) is 11.6 Å². The third-order valence-corrected chi connectivity index (χ3v) is 2.77. The average molecular weight is 249 g/mol. The molecule has 1 heterocycles. The van der Waals surface area contributed by atoms with Crippen LogP contribution >= 0.6 is 0 Å². The maximum Gasteiger partial charge on any atom is 0.165 e. The van der Waals surface area contributed by atoms with Crippen molar-refractivity contribution in [2.24, 2.45) is 12.8 Å². The number of hydrogen-bond donors (Lipinski definition) is 1. The Bertz CT molecular complexity index is 525. The summed E-state index contributed by atoms with van der Waals surface area (Å²) >= 11 is 0. The molecule has 0 amide bonds. The molecule has 4 nitrogen and oxygen atoms in total. The van der Waals surface area contributed by atoms with E-state index in [0.29, 0.717) is 19.6 Å². The number of aromatic nitrogens is 2. The molecule has 0 bridgehead atoms. The number of hydrogen-bond acceptors (Lipinski definition) is 3. The number of nitrogens with two attached hydrogens (primary N) is 1. The molecule has 18 heavy (non-hydrogen) atoms. The summed E-state index contributed by atoms with van der Waals surface area (Å²) in [7, 11) is 1.87. The highest BCUT2D eigenvalue weighted by Crippen LogP contribution is 2.18. The third kappa shape index (κ3) is 2.87. The molecule has 0 aliphatic carbocycles. The number of benzene rings is 1. The predicted octanol–water partition coefficient (Wildman–Crippen LogP) is 1.64. The summed E-state index contributed by atoms with van der Waals surface area (Å²) in [5, 5.41) is 4.06. The first-order valence-electron chi connectivity index (χ1n) is 5.79. The third-order valence-electron chi connectivity index (χ3n) is 2.77. The highest BCUT2D eigenvalue weighted by Gasteiger charge is 2.05. The van der Waals surface area contributed by atoms with Crippen molar-refractivity contribution in [3.8, 4) is 5.75 Å². The maximum absolute atomic E-state index is 13.6. The van der Waals surface area contributed by atoms with Gasteiger partial charge in [0.05, 0.1) is 6.61 Å². The molecule has 96 valence electrons. The van der Waals surface area contributed by atoms with Gasteiger partial charge in [-0.05, 0) is 23.8 Å². The van der Waals surface area contributed by atoms with Crippen molar-refractivity contribution in [1.29, 1.82) is 0 Å². The minimum absolute atomic E-state index is 0.259. The van der Waals surface area contributed by atoms with Gasteiger partial charge in [-0.2, -0.15) is 5.10 Å². The van der Waals surface area contributed by atoms with Crippen LogP contribution in [0.3, 0.4) is 0 Å². The van der Waals surface area contributed by atoms with Crippen LogP contribution in [0.5, 0.6) is 5.75 Å². The highest BCUT2D eigenvalue weighted by atomic mass is 19.1. The molecule has 0 saturated heterocycles. The van der Waals surface area contributed by atoms with E-state index >= 15 is 0 Å². The Morgan fingerprint density at radius 3 is 2.83 bits per heavy atom. The summed E-state index contributed by atoms with van der Waals surface area (Å²) in [6.45, 7) is 0.741. The summed E-state index contributed by atoms with van der Waals surface area (Å²) in [5.74, 6) is -0.114. The van der Waals surface area contributed by atoms with Crippen molar-refractivity contribution >= 4 is 0 Å². The first-order valence-corrected chi connectivity index (χ1v) is 5.79. The Kier molecular flexibility index (Phi) is 3.94. The quantitative estimate of drug-likeness (QED) is 0.876. The molecule has 2 rings (SSSR count). The van der Waals surface area contributed by atoms with Gasteiger partial charge in [-0.25, -0.2) is 4.39 Å². The van der Waals surface area contributed by atoms with Crippen LogP contribution < -0.4 is 10.5 Å². The average Bonchev–Trinajstić information content (AvgIpc) is 2.77. The number of nitrogens with zero attached hydrogens (tertiary/aromatic N) is 2. The molecule has 0 unspecified atom stereocenters. The predicted molar refractivity (Wildman–Crippen MR) is 66.7 cm³/mol. The lowest BCUT2D eigenvalue weighted by molar-refractivity contribution is 0.302. The molecular formula is C13H16FN3O. The van der Waals surface area contributed by atoms with Crippen LogP contribution in [0.1, 0.15) is 11.3 Å². The lowest BCUT2D eigenvalue weighted by Crippen LogP contribution is -2.07. The van der Waals surface area contributed by atoms with Gasteiger partial charge < -0.3 is 10.5 Å². The fourth-order valence-electron chi connectivity index (χ4n) is 1.70. The second-order valence-corrected chi connectivity index (χ2v) is 4.01. The number of rotatable bonds is 5. The van der Waals surface area contributed by atoms with Gasteiger partial charge in [-0.1, -0.05) is 6.07 Å². The zero-order valence-electron chi connectivity index (χ0n) is 10.3. The molecule has 0 fully saturated rings. The highest BCUT2D eigenvalue weighted by molar-refractivity contribution is 5.29. The van der Waals surface area contributed by atoms with Crippen molar-refractivity contribution < 1.29 is 9.13 Å². The lowest BCUT2D eigenvalue weighted by atomic mass is 10.2. The fourth-order valence-corrected chi connectivity index (χ4v) is 1.70. The van der Waals surface area contributed by atoms with E-state index in [0.717, 1.165) is 11.3 Å². The van der Waals surface area contributed by atoms with Crippen LogP contribution in [-0.2, 0) is 20.0 Å². The van der Waals surface area contributed by atoms with E-state index in [4.69, 9.17) is 10.5 Å². The smallest absolute Gasteiger partial charge is 0.165 e. The van der Waals surface area contributed by atoms with Crippen molar-refractivity contribution in [1.82, 2.24) is 9.78 Å². The zero-order chi connectivity index (χ0) is 13.0. The Morgan fingerprint density at radius 2 is 2.22 bits per heavy atom. The summed E-state index contributed by atoms with van der Waals surface area (Å²) in [5.41, 5.74) is 7.24. The van der Waals surface area contributed by atoms with E-state index in [1.54, 1.807) is 23.0 Å². The molecule has 2 N–H and O–H groups in total. The standard InChI is InChI=1S/C13H16FN3O/c1-17-11(4-6-16-17)5-7-18-13-3-2-10(9-15)8-12(13)14/h2-4,6,8H,5,7,9,15H2,1H3. The van der Waals surface area contributed by atoms with Gasteiger partial charge in [0, 0.05) is 31.9 Å². The van der Waals surface area contributed by atoms with Crippen molar-refractivity contribution in [2.45, 2.75) is 13.0 Å². The summed E-state index contributed by atoms with van der Waals surface area (Å²) < 4.78 is 20.8. The lowest BCUT2D eigenvalue weighted by Gasteiger charge is -2.08. The molecule has 0 saturated carbocycles. The van der Waals surface area contributed by atoms with Gasteiger partial charge in [0.1, 0.15) is 0 Å². The Hall–Kier alpha value is -1.88. The van der Waals surface area contributed by atoms with Gasteiger partial charge in [0.25, 0.3) is 0 Å². The van der Waals surface area contributed by atoms with Gasteiger partial charge in [0.15, 0.2) is 11.6 Å². The van der Waals surface area contributed by atoms with Crippen LogP contribution in [0.4, 0.5) is 4.39 Å². The normalized spacial score (nSPS) is 10.6. The minimum Gasteiger partial charge on any atom is -0.490 e. The van der Waals surface area contributed by atoms with E-state index < -0.39 is 0 Å². The van der Waals surface area contributed by atoms with Crippen LogP contribution in [-0.4, -0.2) is 16.4 Å². The molecule has 2 aromatic rings. The topological polar surface area (TPSA) is 53.1 Å². The molecule has 0 atom stereocenters. The maximum atomic E-state index is 13.6. The van der Waals surface area contributed by atoms with Gasteiger partial charge in [-0.15, -0.1) is 0 Å². The first-order chi connectivity index (χ1) is 8.70. The van der Waals surface area contributed by atoms with Crippen LogP contribution in [0.15, 0.2) is 30.5 Å². The first kappa shape index (κ1) is 12.6. The summed E-state index contributed by atoms with van der Waals surface area (Å²) in [6, 6.07) is 6.69. The van der Waals surface area contributed by atoms with Crippen LogP contribution in [0.2, 0.25) is 0 Å². The van der Waals surface area contributed by atoms with E-state index in [1.165, 1.54) is 6.07 Å². The molecule has 1 aromatic heterocycles. The Morgan fingerprint density at radius 1 is 1.39 bits per heavy atom. The van der Waals surface area contributed by atoms with Gasteiger partial charge >= 0.3 is 0 Å². The molecule has 0 spiro atoms. The number of ether oxygens (including phenoxy) is 1. The van der Waals surface area contributed by atoms with Crippen molar-refractivity contribution in [3.05, 3.63) is 47.5 Å². The SMILES string of the molecule is Cn1nccc1CCOc1ccc(CN)cc1F. The molecule has 1 aromatic carbocycles. The van der Waals surface area contributed by atoms with Crippen molar-refractivity contribution in [2.75, 3.05) is 6.61 Å². The molecule has 5 heteroatoms. The Balaban J connectivity index is 1.92. The zero-order valence-corrected chi connectivity index (χ0v) is 10.3. The van der Waals surface area contributed by atoms with Crippen LogP contribution in [0.25, 0.3) is 0 Å². The Labute approximate surface area is 105 Å². The largest absolute Gasteiger partial charge is 0.490 e. The molecule has 0 radical (unpaired) electrons. The van der Waals surface area contributed by atoms with E-state index in [2.05, 4.69) is 5.10 Å². The molecule has 0 aliphatic rings. The van der Waals surface area contributed by atoms with Crippen LogP contribution in [0, 0.1) is 5.82 Å². The van der Waals surface area contributed by atoms with E-state index in [9.17, 15) is 4.39 Å². The summed E-state index contributed by atoms with van der Waals surface area (Å²) in [4.78, 5) is 0. The monoisotopic (exact) mass is 249 g/mol. The number of halogens is 1. The van der Waals surface area contributed by atoms with Gasteiger partial charge in [-0.3, -0.25) is 4.68 Å².